The maximum absolute atomic E-state index is 13.2. The average Bonchev–Trinajstić information content (AvgIpc) is 2.76. The first-order valence-electron chi connectivity index (χ1n) is 9.76. The molecule has 4 rings (SSSR count). The molecule has 0 saturated carbocycles. The molecule has 2 aliphatic rings. The molecule has 0 N–H and O–H groups in total. The van der Waals surface area contributed by atoms with Gasteiger partial charge < -0.3 is 14.2 Å². The predicted molar refractivity (Wildman–Crippen MR) is 105 cm³/mol. The quantitative estimate of drug-likeness (QED) is 0.718. The fourth-order valence-electron chi connectivity index (χ4n) is 3.87. The van der Waals surface area contributed by atoms with Crippen molar-refractivity contribution in [1.29, 1.82) is 0 Å². The molecule has 1 fully saturated rings. The Hall–Kier alpha value is -3.07. The van der Waals surface area contributed by atoms with Gasteiger partial charge in [-0.2, -0.15) is 13.2 Å². The van der Waals surface area contributed by atoms with Gasteiger partial charge in [0.15, 0.2) is 0 Å². The molecule has 2 unspecified atom stereocenters. The number of carbonyl (C=O) groups excluding carboxylic acids is 1. The third-order valence-electron chi connectivity index (χ3n) is 5.33. The van der Waals surface area contributed by atoms with Crippen molar-refractivity contribution < 1.29 is 32.2 Å². The first kappa shape index (κ1) is 21.2. The van der Waals surface area contributed by atoms with Gasteiger partial charge in [0.05, 0.1) is 38.0 Å². The van der Waals surface area contributed by atoms with Crippen LogP contribution in [-0.4, -0.2) is 48.4 Å². The van der Waals surface area contributed by atoms with E-state index >= 15 is 0 Å². The van der Waals surface area contributed by atoms with Crippen molar-refractivity contribution in [2.45, 2.75) is 31.3 Å². The lowest BCUT2D eigenvalue weighted by molar-refractivity contribution is -0.137. The molecule has 2 aliphatic heterocycles. The Morgan fingerprint density at radius 3 is 2.71 bits per heavy atom. The highest BCUT2D eigenvalue weighted by atomic mass is 19.4. The lowest BCUT2D eigenvalue weighted by Gasteiger charge is -2.43. The van der Waals surface area contributed by atoms with Crippen molar-refractivity contribution in [2.24, 2.45) is 0 Å². The van der Waals surface area contributed by atoms with E-state index in [1.807, 2.05) is 30.3 Å². The van der Waals surface area contributed by atoms with Crippen LogP contribution in [-0.2, 0) is 22.3 Å². The van der Waals surface area contributed by atoms with Crippen molar-refractivity contribution in [3.05, 3.63) is 65.4 Å². The summed E-state index contributed by atoms with van der Waals surface area (Å²) in [5, 5.41) is 0. The van der Waals surface area contributed by atoms with E-state index in [1.165, 1.54) is 7.11 Å². The van der Waals surface area contributed by atoms with Crippen LogP contribution >= 0.6 is 0 Å². The number of methoxy groups -OCH3 is 1. The van der Waals surface area contributed by atoms with Crippen LogP contribution in [0.2, 0.25) is 0 Å². The number of aromatic nitrogens is 1. The SMILES string of the molecule is COc1ncc(C(F)(F)F)cc1C1=CC2COCC(C1)N2C(=O)OCc1ccccc1. The lowest BCUT2D eigenvalue weighted by Crippen LogP contribution is -2.56. The van der Waals surface area contributed by atoms with Gasteiger partial charge in [0.2, 0.25) is 5.88 Å². The van der Waals surface area contributed by atoms with Crippen LogP contribution in [0, 0.1) is 0 Å². The standard InChI is InChI=1S/C22H21F3N2O4/c1-29-20-19(9-16(10-26-20)22(23,24)25)15-7-17-12-30-13-18(8-15)27(17)21(28)31-11-14-5-3-2-4-6-14/h2-7,9-10,17-18H,8,11-13H2,1H3. The molecule has 0 aliphatic carbocycles. The predicted octanol–water partition coefficient (Wildman–Crippen LogP) is 4.30. The molecule has 0 spiro atoms. The minimum Gasteiger partial charge on any atom is -0.481 e. The summed E-state index contributed by atoms with van der Waals surface area (Å²) in [4.78, 5) is 18.2. The Kier molecular flexibility index (Phi) is 5.86. The zero-order valence-electron chi connectivity index (χ0n) is 16.8. The van der Waals surface area contributed by atoms with E-state index in [4.69, 9.17) is 14.2 Å². The number of carbonyl (C=O) groups is 1. The monoisotopic (exact) mass is 434 g/mol. The topological polar surface area (TPSA) is 60.9 Å². The highest BCUT2D eigenvalue weighted by Gasteiger charge is 2.40. The van der Waals surface area contributed by atoms with E-state index < -0.39 is 23.9 Å². The number of benzene rings is 1. The fourth-order valence-corrected chi connectivity index (χ4v) is 3.87. The Balaban J connectivity index is 1.58. The molecule has 2 atom stereocenters. The van der Waals surface area contributed by atoms with Gasteiger partial charge >= 0.3 is 12.3 Å². The molecule has 1 aromatic heterocycles. The number of pyridine rings is 1. The van der Waals surface area contributed by atoms with Crippen LogP contribution in [0.1, 0.15) is 23.1 Å². The number of fused-ring (bicyclic) bond motifs is 2. The van der Waals surface area contributed by atoms with E-state index in [2.05, 4.69) is 4.98 Å². The fraction of sp³-hybridized carbons (Fsp3) is 0.364. The molecular formula is C22H21F3N2O4. The van der Waals surface area contributed by atoms with Crippen LogP contribution in [0.5, 0.6) is 5.88 Å². The number of ether oxygens (including phenoxy) is 3. The molecular weight excluding hydrogens is 413 g/mol. The maximum atomic E-state index is 13.2. The molecule has 0 radical (unpaired) electrons. The van der Waals surface area contributed by atoms with E-state index in [1.54, 1.807) is 11.0 Å². The second-order valence-electron chi connectivity index (χ2n) is 7.38. The van der Waals surface area contributed by atoms with Crippen LogP contribution in [0.3, 0.4) is 0 Å². The largest absolute Gasteiger partial charge is 0.481 e. The number of alkyl halides is 3. The Morgan fingerprint density at radius 2 is 2.03 bits per heavy atom. The number of nitrogens with zero attached hydrogens (tertiary/aromatic N) is 2. The molecule has 2 bridgehead atoms. The van der Waals surface area contributed by atoms with Crippen molar-refractivity contribution in [3.63, 3.8) is 0 Å². The van der Waals surface area contributed by atoms with Crippen molar-refractivity contribution in [1.82, 2.24) is 9.88 Å². The van der Waals surface area contributed by atoms with E-state index in [0.29, 0.717) is 12.0 Å². The van der Waals surface area contributed by atoms with Crippen LogP contribution < -0.4 is 4.74 Å². The van der Waals surface area contributed by atoms with Crippen LogP contribution in [0.15, 0.2) is 48.7 Å². The normalized spacial score (nSPS) is 20.8. The molecule has 9 heteroatoms. The van der Waals surface area contributed by atoms with Crippen molar-refractivity contribution >= 4 is 11.7 Å². The van der Waals surface area contributed by atoms with Gasteiger partial charge in [-0.25, -0.2) is 9.78 Å². The minimum atomic E-state index is -4.52. The summed E-state index contributed by atoms with van der Waals surface area (Å²) in [5.74, 6) is 0.110. The second-order valence-corrected chi connectivity index (χ2v) is 7.38. The molecule has 2 aromatic rings. The second kappa shape index (κ2) is 8.58. The first-order chi connectivity index (χ1) is 14.9. The summed E-state index contributed by atoms with van der Waals surface area (Å²) in [5.41, 5.74) is 0.924. The molecule has 6 nitrogen and oxygen atoms in total. The lowest BCUT2D eigenvalue weighted by atomic mass is 9.90. The minimum absolute atomic E-state index is 0.110. The highest BCUT2D eigenvalue weighted by Crippen LogP contribution is 2.39. The van der Waals surface area contributed by atoms with Crippen molar-refractivity contribution in [3.8, 4) is 5.88 Å². The summed E-state index contributed by atoms with van der Waals surface area (Å²) in [7, 11) is 1.36. The number of morpholine rings is 1. The van der Waals surface area contributed by atoms with Gasteiger partial charge in [-0.3, -0.25) is 4.90 Å². The summed E-state index contributed by atoms with van der Waals surface area (Å²) in [6, 6.07) is 9.54. The average molecular weight is 434 g/mol. The van der Waals surface area contributed by atoms with E-state index in [0.717, 1.165) is 17.8 Å². The molecule has 1 amide bonds. The van der Waals surface area contributed by atoms with E-state index in [-0.39, 0.29) is 37.3 Å². The highest BCUT2D eigenvalue weighted by molar-refractivity contribution is 5.76. The molecule has 1 saturated heterocycles. The number of hydrogen-bond acceptors (Lipinski definition) is 5. The summed E-state index contributed by atoms with van der Waals surface area (Å²) < 4.78 is 55.9. The Morgan fingerprint density at radius 1 is 1.26 bits per heavy atom. The van der Waals surface area contributed by atoms with E-state index in [9.17, 15) is 18.0 Å². The van der Waals surface area contributed by atoms with Gasteiger partial charge in [-0.05, 0) is 23.6 Å². The first-order valence-corrected chi connectivity index (χ1v) is 9.76. The molecule has 1 aromatic carbocycles. The maximum Gasteiger partial charge on any atom is 0.417 e. The Bertz CT molecular complexity index is 978. The summed E-state index contributed by atoms with van der Waals surface area (Å²) in [6.07, 6.45) is -2.21. The zero-order chi connectivity index (χ0) is 22.0. The smallest absolute Gasteiger partial charge is 0.417 e. The van der Waals surface area contributed by atoms with Crippen molar-refractivity contribution in [2.75, 3.05) is 20.3 Å². The van der Waals surface area contributed by atoms with Crippen LogP contribution in [0.4, 0.5) is 18.0 Å². The Labute approximate surface area is 177 Å². The van der Waals surface area contributed by atoms with Gasteiger partial charge in [0, 0.05) is 11.8 Å². The third kappa shape index (κ3) is 4.51. The number of hydrogen-bond donors (Lipinski definition) is 0. The number of halogens is 3. The zero-order valence-corrected chi connectivity index (χ0v) is 16.8. The number of amides is 1. The summed E-state index contributed by atoms with van der Waals surface area (Å²) in [6.45, 7) is 0.635. The summed E-state index contributed by atoms with van der Waals surface area (Å²) >= 11 is 0. The van der Waals surface area contributed by atoms with Gasteiger partial charge in [0.1, 0.15) is 6.61 Å². The molecule has 164 valence electrons. The van der Waals surface area contributed by atoms with Gasteiger partial charge in [-0.15, -0.1) is 0 Å². The third-order valence-corrected chi connectivity index (χ3v) is 5.33. The number of rotatable bonds is 4. The van der Waals surface area contributed by atoms with Crippen LogP contribution in [0.25, 0.3) is 5.57 Å². The molecule has 3 heterocycles. The molecule has 31 heavy (non-hydrogen) atoms. The van der Waals surface area contributed by atoms with Gasteiger partial charge in [-0.1, -0.05) is 36.4 Å². The van der Waals surface area contributed by atoms with Gasteiger partial charge in [0.25, 0.3) is 0 Å².